The number of fused-ring (bicyclic) bond motifs is 1. The standard InChI is InChI=1S/C19H18NO2.BrH/c1-14-5-10-18-16(12-14)4-3-11-20(18)13-19(21)15-6-8-17(22-2)9-7-15;/h3-12H,13H2,1-2H3;1H/q+1;/p-1. The Hall–Kier alpha value is -2.20. The lowest BCUT2D eigenvalue weighted by Gasteiger charge is -2.03. The number of carbonyl (C=O) groups is 1. The number of methoxy groups -OCH3 is 1. The molecule has 23 heavy (non-hydrogen) atoms. The van der Waals surface area contributed by atoms with Crippen molar-refractivity contribution in [2.75, 3.05) is 7.11 Å². The zero-order chi connectivity index (χ0) is 15.5. The van der Waals surface area contributed by atoms with Gasteiger partial charge < -0.3 is 21.7 Å². The molecule has 4 heteroatoms. The lowest BCUT2D eigenvalue weighted by molar-refractivity contribution is -0.657. The van der Waals surface area contributed by atoms with Crippen molar-refractivity contribution < 1.29 is 31.1 Å². The van der Waals surface area contributed by atoms with Crippen molar-refractivity contribution in [2.24, 2.45) is 0 Å². The van der Waals surface area contributed by atoms with E-state index in [1.807, 2.05) is 29.0 Å². The number of hydrogen-bond acceptors (Lipinski definition) is 2. The van der Waals surface area contributed by atoms with Gasteiger partial charge in [0.2, 0.25) is 17.8 Å². The van der Waals surface area contributed by atoms with Crippen LogP contribution in [0.4, 0.5) is 0 Å². The predicted molar refractivity (Wildman–Crippen MR) is 86.2 cm³/mol. The third-order valence-electron chi connectivity index (χ3n) is 3.76. The Balaban J connectivity index is 0.00000192. The van der Waals surface area contributed by atoms with Crippen molar-refractivity contribution >= 4 is 16.7 Å². The summed E-state index contributed by atoms with van der Waals surface area (Å²) >= 11 is 0. The second-order valence-corrected chi connectivity index (χ2v) is 5.35. The summed E-state index contributed by atoms with van der Waals surface area (Å²) in [6.45, 7) is 2.39. The quantitative estimate of drug-likeness (QED) is 0.488. The number of halogens is 1. The van der Waals surface area contributed by atoms with Gasteiger partial charge in [-0.05, 0) is 43.3 Å². The van der Waals surface area contributed by atoms with Gasteiger partial charge in [-0.25, -0.2) is 0 Å². The number of ketones is 1. The number of nitrogens with zero attached hydrogens (tertiary/aromatic N) is 1. The van der Waals surface area contributed by atoms with Crippen molar-refractivity contribution in [3.63, 3.8) is 0 Å². The van der Waals surface area contributed by atoms with Crippen LogP contribution >= 0.6 is 0 Å². The molecule has 0 fully saturated rings. The molecule has 0 bridgehead atoms. The van der Waals surface area contributed by atoms with Crippen LogP contribution in [-0.2, 0) is 6.54 Å². The monoisotopic (exact) mass is 371 g/mol. The normalized spacial score (nSPS) is 10.2. The van der Waals surface area contributed by atoms with Crippen molar-refractivity contribution in [1.29, 1.82) is 0 Å². The summed E-state index contributed by atoms with van der Waals surface area (Å²) in [5.74, 6) is 0.838. The van der Waals surface area contributed by atoms with Crippen molar-refractivity contribution in [3.05, 3.63) is 71.9 Å². The number of Topliss-reactive ketones (excluding diaryl/α,β-unsaturated/α-hetero) is 1. The van der Waals surface area contributed by atoms with E-state index in [9.17, 15) is 4.79 Å². The zero-order valence-electron chi connectivity index (χ0n) is 13.1. The number of pyridine rings is 1. The molecule has 0 N–H and O–H groups in total. The van der Waals surface area contributed by atoms with Crippen LogP contribution in [0.3, 0.4) is 0 Å². The highest BCUT2D eigenvalue weighted by molar-refractivity contribution is 5.95. The summed E-state index contributed by atoms with van der Waals surface area (Å²) in [4.78, 5) is 12.5. The number of benzene rings is 2. The highest BCUT2D eigenvalue weighted by Crippen LogP contribution is 2.14. The summed E-state index contributed by atoms with van der Waals surface area (Å²) in [6, 6.07) is 17.5. The molecule has 0 aliphatic heterocycles. The van der Waals surface area contributed by atoms with Gasteiger partial charge in [-0.3, -0.25) is 4.79 Å². The first kappa shape index (κ1) is 17.2. The minimum atomic E-state index is 0. The Bertz CT molecular complexity index is 828. The Morgan fingerprint density at radius 3 is 2.52 bits per heavy atom. The number of ether oxygens (including phenoxy) is 1. The first-order chi connectivity index (χ1) is 10.7. The fourth-order valence-electron chi connectivity index (χ4n) is 2.56. The third-order valence-corrected chi connectivity index (χ3v) is 3.76. The van der Waals surface area contributed by atoms with Crippen LogP contribution in [0.15, 0.2) is 60.8 Å². The Morgan fingerprint density at radius 1 is 1.09 bits per heavy atom. The minimum absolute atomic E-state index is 0. The maximum Gasteiger partial charge on any atom is 0.227 e. The van der Waals surface area contributed by atoms with Gasteiger partial charge in [-0.15, -0.1) is 0 Å². The van der Waals surface area contributed by atoms with Crippen LogP contribution in [-0.4, -0.2) is 12.9 Å². The molecule has 118 valence electrons. The van der Waals surface area contributed by atoms with Gasteiger partial charge in [0, 0.05) is 23.1 Å². The molecule has 3 nitrogen and oxygen atoms in total. The van der Waals surface area contributed by atoms with Crippen molar-refractivity contribution in [1.82, 2.24) is 0 Å². The molecule has 0 unspecified atom stereocenters. The van der Waals surface area contributed by atoms with Crippen LogP contribution in [0.5, 0.6) is 5.75 Å². The highest BCUT2D eigenvalue weighted by atomic mass is 79.9. The molecule has 0 aliphatic carbocycles. The van der Waals surface area contributed by atoms with E-state index in [0.717, 1.165) is 16.7 Å². The maximum atomic E-state index is 12.5. The Morgan fingerprint density at radius 2 is 1.83 bits per heavy atom. The molecular weight excluding hydrogens is 354 g/mol. The molecule has 1 aromatic heterocycles. The lowest BCUT2D eigenvalue weighted by atomic mass is 10.1. The van der Waals surface area contributed by atoms with Gasteiger partial charge in [0.25, 0.3) is 0 Å². The average molecular weight is 372 g/mol. The summed E-state index contributed by atoms with van der Waals surface area (Å²) < 4.78 is 7.11. The zero-order valence-corrected chi connectivity index (χ0v) is 14.7. The average Bonchev–Trinajstić information content (AvgIpc) is 2.55. The summed E-state index contributed by atoms with van der Waals surface area (Å²) in [5, 5.41) is 1.14. The van der Waals surface area contributed by atoms with Crippen LogP contribution in [0, 0.1) is 6.92 Å². The Labute approximate surface area is 146 Å². The van der Waals surface area contributed by atoms with Gasteiger partial charge in [0.15, 0.2) is 6.20 Å². The fraction of sp³-hybridized carbons (Fsp3) is 0.158. The van der Waals surface area contributed by atoms with E-state index in [1.54, 1.807) is 19.2 Å². The molecule has 0 aliphatic rings. The lowest BCUT2D eigenvalue weighted by Crippen LogP contribution is -3.00. The summed E-state index contributed by atoms with van der Waals surface area (Å²) in [6.07, 6.45) is 1.94. The number of carbonyl (C=O) groups excluding carboxylic acids is 1. The Kier molecular flexibility index (Phi) is 5.50. The van der Waals surface area contributed by atoms with E-state index in [1.165, 1.54) is 5.56 Å². The molecule has 3 rings (SSSR count). The van der Waals surface area contributed by atoms with E-state index in [-0.39, 0.29) is 22.8 Å². The smallest absolute Gasteiger partial charge is 0.227 e. The molecule has 0 saturated carbocycles. The molecule has 2 aromatic carbocycles. The first-order valence-corrected chi connectivity index (χ1v) is 7.23. The largest absolute Gasteiger partial charge is 1.00 e. The van der Waals surface area contributed by atoms with Gasteiger partial charge in [0.05, 0.1) is 7.11 Å². The van der Waals surface area contributed by atoms with Crippen LogP contribution in [0.1, 0.15) is 15.9 Å². The van der Waals surface area contributed by atoms with Crippen LogP contribution < -0.4 is 26.3 Å². The third kappa shape index (κ3) is 3.77. The highest BCUT2D eigenvalue weighted by Gasteiger charge is 2.15. The van der Waals surface area contributed by atoms with E-state index in [0.29, 0.717) is 12.1 Å². The molecule has 0 saturated heterocycles. The van der Waals surface area contributed by atoms with E-state index < -0.39 is 0 Å². The molecule has 0 spiro atoms. The molecule has 1 heterocycles. The van der Waals surface area contributed by atoms with Crippen molar-refractivity contribution in [2.45, 2.75) is 13.5 Å². The van der Waals surface area contributed by atoms with E-state index >= 15 is 0 Å². The minimum Gasteiger partial charge on any atom is -1.00 e. The topological polar surface area (TPSA) is 30.2 Å². The number of rotatable bonds is 4. The number of hydrogen-bond donors (Lipinski definition) is 0. The second-order valence-electron chi connectivity index (χ2n) is 5.35. The SMILES string of the molecule is COc1ccc(C(=O)C[n+]2cccc3cc(C)ccc32)cc1.[Br-]. The number of aryl methyl sites for hydroxylation is 1. The fourth-order valence-corrected chi connectivity index (χ4v) is 2.56. The van der Waals surface area contributed by atoms with Crippen LogP contribution in [0.25, 0.3) is 10.9 Å². The van der Waals surface area contributed by atoms with Crippen LogP contribution in [0.2, 0.25) is 0 Å². The molecule has 0 atom stereocenters. The first-order valence-electron chi connectivity index (χ1n) is 7.23. The number of aromatic nitrogens is 1. The van der Waals surface area contributed by atoms with Gasteiger partial charge in [-0.2, -0.15) is 4.57 Å². The van der Waals surface area contributed by atoms with Gasteiger partial charge in [0.1, 0.15) is 5.75 Å². The van der Waals surface area contributed by atoms with Gasteiger partial charge in [-0.1, -0.05) is 11.6 Å². The summed E-state index contributed by atoms with van der Waals surface area (Å²) in [7, 11) is 1.62. The summed E-state index contributed by atoms with van der Waals surface area (Å²) in [5.41, 5.74) is 2.97. The van der Waals surface area contributed by atoms with Crippen molar-refractivity contribution in [3.8, 4) is 5.75 Å². The molecule has 0 amide bonds. The molecule has 3 aromatic rings. The molecular formula is C19H18BrNO2. The maximum absolute atomic E-state index is 12.5. The van der Waals surface area contributed by atoms with E-state index in [4.69, 9.17) is 4.74 Å². The van der Waals surface area contributed by atoms with Gasteiger partial charge >= 0.3 is 0 Å². The van der Waals surface area contributed by atoms with E-state index in [2.05, 4.69) is 31.2 Å². The predicted octanol–water partition coefficient (Wildman–Crippen LogP) is 0.331. The second kappa shape index (κ2) is 7.38. The molecule has 0 radical (unpaired) electrons.